The van der Waals surface area contributed by atoms with E-state index in [2.05, 4.69) is 10.5 Å². The van der Waals surface area contributed by atoms with Crippen molar-refractivity contribution < 1.29 is 28.6 Å². The zero-order valence-corrected chi connectivity index (χ0v) is 23.3. The first-order chi connectivity index (χ1) is 19.8. The van der Waals surface area contributed by atoms with Crippen molar-refractivity contribution in [1.82, 2.24) is 5.43 Å². The number of hydrogen-bond donors (Lipinski definition) is 1. The molecule has 1 amide bonds. The first-order valence-corrected chi connectivity index (χ1v) is 13.2. The maximum atomic E-state index is 12.8. The number of nitrogens with one attached hydrogen (secondary N) is 1. The number of esters is 2. The van der Waals surface area contributed by atoms with Gasteiger partial charge in [0, 0.05) is 27.2 Å². The first-order valence-electron chi connectivity index (χ1n) is 12.5. The van der Waals surface area contributed by atoms with Crippen LogP contribution in [-0.4, -0.2) is 30.7 Å². The number of hydrazone groups is 1. The molecular weight excluding hydrogens is 567 g/mol. The quantitative estimate of drug-likeness (QED) is 0.0924. The molecule has 0 bridgehead atoms. The number of carbonyl (C=O) groups is 3. The fraction of sp³-hybridized carbons (Fsp3) is 0.0968. The third-order valence-corrected chi connectivity index (χ3v) is 6.02. The number of amides is 1. The molecule has 4 aromatic carbocycles. The second-order valence-corrected chi connectivity index (χ2v) is 9.44. The highest BCUT2D eigenvalue weighted by Crippen LogP contribution is 2.26. The Morgan fingerprint density at radius 2 is 1.27 bits per heavy atom. The zero-order chi connectivity index (χ0) is 29.2. The van der Waals surface area contributed by atoms with Gasteiger partial charge in [0.25, 0.3) is 5.91 Å². The molecule has 0 atom stereocenters. The predicted molar refractivity (Wildman–Crippen MR) is 157 cm³/mol. The first kappa shape index (κ1) is 29.3. The number of ether oxygens (including phenoxy) is 3. The van der Waals surface area contributed by atoms with Gasteiger partial charge in [-0.15, -0.1) is 0 Å². The lowest BCUT2D eigenvalue weighted by Gasteiger charge is -2.11. The molecule has 0 aliphatic rings. The fourth-order valence-corrected chi connectivity index (χ4v) is 3.67. The van der Waals surface area contributed by atoms with Gasteiger partial charge in [0.2, 0.25) is 0 Å². The third kappa shape index (κ3) is 8.41. The summed E-state index contributed by atoms with van der Waals surface area (Å²) in [4.78, 5) is 37.9. The molecule has 4 aromatic rings. The van der Waals surface area contributed by atoms with Crippen LogP contribution in [0.1, 0.15) is 50.0 Å². The summed E-state index contributed by atoms with van der Waals surface area (Å²) in [5.74, 6) is -0.923. The average molecular weight is 591 g/mol. The van der Waals surface area contributed by atoms with E-state index in [-0.39, 0.29) is 22.6 Å². The molecule has 0 spiro atoms. The standard InChI is InChI=1S/C31H24Cl2N2O6/c1-2-17-39-26-14-7-20(8-15-26)29(36)35-34-19-23-9-16-27(40-30(37)21-3-10-24(32)11-4-21)18-28(23)41-31(38)22-5-12-25(33)13-6-22/h3-16,18-19H,2,17H2,1H3,(H,35,36)/b34-19+. The molecule has 0 fully saturated rings. The number of hydrogen-bond acceptors (Lipinski definition) is 7. The van der Waals surface area contributed by atoms with E-state index in [1.54, 1.807) is 48.5 Å². The summed E-state index contributed by atoms with van der Waals surface area (Å²) >= 11 is 11.8. The summed E-state index contributed by atoms with van der Waals surface area (Å²) in [7, 11) is 0. The molecular formula is C31H24Cl2N2O6. The number of benzene rings is 4. The molecule has 1 N–H and O–H groups in total. The van der Waals surface area contributed by atoms with E-state index in [0.717, 1.165) is 6.42 Å². The van der Waals surface area contributed by atoms with Gasteiger partial charge in [0.15, 0.2) is 0 Å². The van der Waals surface area contributed by atoms with Gasteiger partial charge in [-0.25, -0.2) is 15.0 Å². The van der Waals surface area contributed by atoms with Gasteiger partial charge in [0.1, 0.15) is 17.2 Å². The highest BCUT2D eigenvalue weighted by atomic mass is 35.5. The van der Waals surface area contributed by atoms with E-state index >= 15 is 0 Å². The highest BCUT2D eigenvalue weighted by molar-refractivity contribution is 6.31. The molecule has 0 aromatic heterocycles. The number of nitrogens with zero attached hydrogens (tertiary/aromatic N) is 1. The topological polar surface area (TPSA) is 103 Å². The van der Waals surface area contributed by atoms with Crippen molar-refractivity contribution in [1.29, 1.82) is 0 Å². The molecule has 0 saturated carbocycles. The molecule has 8 nitrogen and oxygen atoms in total. The molecule has 0 unspecified atom stereocenters. The monoisotopic (exact) mass is 590 g/mol. The normalized spacial score (nSPS) is 10.7. The Labute approximate surface area is 246 Å². The second kappa shape index (κ2) is 14.1. The number of carbonyl (C=O) groups excluding carboxylic acids is 3. The number of halogens is 2. The van der Waals surface area contributed by atoms with E-state index in [1.807, 2.05) is 6.92 Å². The van der Waals surface area contributed by atoms with Crippen molar-refractivity contribution in [2.45, 2.75) is 13.3 Å². The molecule has 0 radical (unpaired) electrons. The smallest absolute Gasteiger partial charge is 0.343 e. The van der Waals surface area contributed by atoms with Crippen LogP contribution in [0.5, 0.6) is 17.2 Å². The maximum absolute atomic E-state index is 12.8. The van der Waals surface area contributed by atoms with Gasteiger partial charge in [-0.2, -0.15) is 5.10 Å². The van der Waals surface area contributed by atoms with Crippen molar-refractivity contribution in [3.8, 4) is 17.2 Å². The van der Waals surface area contributed by atoms with Crippen molar-refractivity contribution >= 4 is 47.3 Å². The summed E-state index contributed by atoms with van der Waals surface area (Å²) in [5, 5.41) is 4.94. The lowest BCUT2D eigenvalue weighted by molar-refractivity contribution is 0.0732. The molecule has 10 heteroatoms. The fourth-order valence-electron chi connectivity index (χ4n) is 3.42. The molecule has 0 aliphatic heterocycles. The zero-order valence-electron chi connectivity index (χ0n) is 21.8. The molecule has 4 rings (SSSR count). The predicted octanol–water partition coefficient (Wildman–Crippen LogP) is 6.98. The largest absolute Gasteiger partial charge is 0.494 e. The molecule has 0 heterocycles. The lowest BCUT2D eigenvalue weighted by Crippen LogP contribution is -2.17. The number of rotatable bonds is 10. The van der Waals surface area contributed by atoms with Crippen LogP contribution in [0.2, 0.25) is 10.0 Å². The summed E-state index contributed by atoms with van der Waals surface area (Å²) in [5.41, 5.74) is 3.69. The van der Waals surface area contributed by atoms with Crippen LogP contribution in [-0.2, 0) is 0 Å². The molecule has 0 aliphatic carbocycles. The van der Waals surface area contributed by atoms with Crippen molar-refractivity contribution in [2.24, 2.45) is 5.10 Å². The Morgan fingerprint density at radius 1 is 0.732 bits per heavy atom. The van der Waals surface area contributed by atoms with Crippen LogP contribution in [0.4, 0.5) is 0 Å². The Morgan fingerprint density at radius 3 is 1.85 bits per heavy atom. The molecule has 41 heavy (non-hydrogen) atoms. The van der Waals surface area contributed by atoms with Gasteiger partial charge < -0.3 is 14.2 Å². The van der Waals surface area contributed by atoms with E-state index in [4.69, 9.17) is 37.4 Å². The van der Waals surface area contributed by atoms with Gasteiger partial charge in [-0.05, 0) is 91.3 Å². The SMILES string of the molecule is CCCOc1ccc(C(=O)N/N=C/c2ccc(OC(=O)c3ccc(Cl)cc3)cc2OC(=O)c2ccc(Cl)cc2)cc1. The minimum absolute atomic E-state index is 0.0433. The van der Waals surface area contributed by atoms with Crippen LogP contribution in [0.25, 0.3) is 0 Å². The van der Waals surface area contributed by atoms with Gasteiger partial charge in [-0.3, -0.25) is 4.79 Å². The van der Waals surface area contributed by atoms with Crippen LogP contribution in [0.15, 0.2) is 96.1 Å². The van der Waals surface area contributed by atoms with Crippen molar-refractivity contribution in [3.63, 3.8) is 0 Å². The van der Waals surface area contributed by atoms with Crippen LogP contribution in [0, 0.1) is 0 Å². The summed E-state index contributed by atoms with van der Waals surface area (Å²) in [6, 6.07) is 23.4. The lowest BCUT2D eigenvalue weighted by atomic mass is 10.2. The van der Waals surface area contributed by atoms with E-state index in [0.29, 0.717) is 33.5 Å². The third-order valence-electron chi connectivity index (χ3n) is 5.52. The maximum Gasteiger partial charge on any atom is 0.343 e. The van der Waals surface area contributed by atoms with Crippen molar-refractivity contribution in [3.05, 3.63) is 123 Å². The second-order valence-electron chi connectivity index (χ2n) is 8.56. The summed E-state index contributed by atoms with van der Waals surface area (Å²) in [6.07, 6.45) is 2.19. The minimum atomic E-state index is -0.674. The van der Waals surface area contributed by atoms with Crippen molar-refractivity contribution in [2.75, 3.05) is 6.61 Å². The molecule has 0 saturated heterocycles. The van der Waals surface area contributed by atoms with E-state index < -0.39 is 17.8 Å². The van der Waals surface area contributed by atoms with E-state index in [1.165, 1.54) is 48.7 Å². The average Bonchev–Trinajstić information content (AvgIpc) is 2.98. The minimum Gasteiger partial charge on any atom is -0.494 e. The Bertz CT molecular complexity index is 1550. The van der Waals surface area contributed by atoms with E-state index in [9.17, 15) is 14.4 Å². The Balaban J connectivity index is 1.52. The summed E-state index contributed by atoms with van der Waals surface area (Å²) < 4.78 is 16.6. The highest BCUT2D eigenvalue weighted by Gasteiger charge is 2.15. The van der Waals surface area contributed by atoms with Crippen LogP contribution in [0.3, 0.4) is 0 Å². The Hall–Kier alpha value is -4.66. The van der Waals surface area contributed by atoms with Gasteiger partial charge in [0.05, 0.1) is 23.9 Å². The van der Waals surface area contributed by atoms with Crippen LogP contribution >= 0.6 is 23.2 Å². The van der Waals surface area contributed by atoms with Gasteiger partial charge >= 0.3 is 11.9 Å². The Kier molecular flexibility index (Phi) is 10.1. The molecule has 208 valence electrons. The van der Waals surface area contributed by atoms with Gasteiger partial charge in [-0.1, -0.05) is 30.1 Å². The summed E-state index contributed by atoms with van der Waals surface area (Å²) in [6.45, 7) is 2.59. The van der Waals surface area contributed by atoms with Crippen LogP contribution < -0.4 is 19.6 Å².